The smallest absolute Gasteiger partial charge is 0.128 e. The maximum Gasteiger partial charge on any atom is 0.128 e. The van der Waals surface area contributed by atoms with E-state index in [1.54, 1.807) is 10.7 Å². The predicted molar refractivity (Wildman–Crippen MR) is 58.9 cm³/mol. The Bertz CT molecular complexity index is 440. The summed E-state index contributed by atoms with van der Waals surface area (Å²) in [6, 6.07) is 8.31. The monoisotopic (exact) mass is 224 g/mol. The fourth-order valence-electron chi connectivity index (χ4n) is 1.30. The highest BCUT2D eigenvalue weighted by molar-refractivity contribution is 6.30. The third kappa shape index (κ3) is 2.50. The number of halogens is 2. The lowest BCUT2D eigenvalue weighted by molar-refractivity contribution is 0.609. The van der Waals surface area contributed by atoms with Crippen molar-refractivity contribution in [2.45, 2.75) is 6.54 Å². The van der Waals surface area contributed by atoms with Crippen LogP contribution in [0.15, 0.2) is 42.7 Å². The second kappa shape index (κ2) is 4.36. The van der Waals surface area contributed by atoms with Gasteiger partial charge >= 0.3 is 0 Å². The number of benzene rings is 1. The zero-order valence-corrected chi connectivity index (χ0v) is 8.71. The van der Waals surface area contributed by atoms with Crippen molar-refractivity contribution in [1.29, 1.82) is 0 Å². The molecule has 0 saturated heterocycles. The van der Waals surface area contributed by atoms with Gasteiger partial charge in [0.25, 0.3) is 0 Å². The Kier molecular flexibility index (Phi) is 2.92. The molecule has 15 heavy (non-hydrogen) atoms. The van der Waals surface area contributed by atoms with E-state index < -0.39 is 0 Å². The van der Waals surface area contributed by atoms with E-state index in [4.69, 9.17) is 11.6 Å². The molecule has 0 fully saturated rings. The van der Waals surface area contributed by atoms with Crippen molar-refractivity contribution >= 4 is 11.6 Å². The minimum absolute atomic E-state index is 0.251. The lowest BCUT2D eigenvalue weighted by Gasteiger charge is -2.08. The lowest BCUT2D eigenvalue weighted by atomic mass is 10.2. The van der Waals surface area contributed by atoms with Crippen molar-refractivity contribution in [3.63, 3.8) is 0 Å². The third-order valence-electron chi connectivity index (χ3n) is 2.06. The van der Waals surface area contributed by atoms with Gasteiger partial charge in [-0.1, -0.05) is 11.6 Å². The van der Waals surface area contributed by atoms with Gasteiger partial charge in [0.2, 0.25) is 0 Å². The van der Waals surface area contributed by atoms with E-state index in [-0.39, 0.29) is 5.82 Å². The molecule has 2 nitrogen and oxygen atoms in total. The fourth-order valence-corrected chi connectivity index (χ4v) is 1.49. The van der Waals surface area contributed by atoms with E-state index in [1.807, 2.05) is 24.5 Å². The number of hydrogen-bond acceptors (Lipinski definition) is 1. The topological polar surface area (TPSA) is 17.0 Å². The summed E-state index contributed by atoms with van der Waals surface area (Å²) >= 11 is 5.78. The number of nitrogens with one attached hydrogen (secondary N) is 1. The highest BCUT2D eigenvalue weighted by atomic mass is 35.5. The summed E-state index contributed by atoms with van der Waals surface area (Å²) < 4.78 is 15.1. The van der Waals surface area contributed by atoms with Crippen LogP contribution in [0.4, 0.5) is 4.39 Å². The molecule has 0 saturated carbocycles. The molecule has 0 radical (unpaired) electrons. The lowest BCUT2D eigenvalue weighted by Crippen LogP contribution is -2.12. The van der Waals surface area contributed by atoms with Crippen LogP contribution in [-0.2, 0) is 6.54 Å². The Morgan fingerprint density at radius 3 is 2.73 bits per heavy atom. The first-order valence-electron chi connectivity index (χ1n) is 4.56. The highest BCUT2D eigenvalue weighted by Crippen LogP contribution is 2.14. The molecule has 1 N–H and O–H groups in total. The molecular formula is C11H10ClFN2. The van der Waals surface area contributed by atoms with Gasteiger partial charge in [-0.15, -0.1) is 0 Å². The highest BCUT2D eigenvalue weighted by Gasteiger charge is 2.02. The zero-order valence-electron chi connectivity index (χ0n) is 7.95. The molecule has 0 aliphatic carbocycles. The first kappa shape index (κ1) is 10.1. The van der Waals surface area contributed by atoms with Gasteiger partial charge in [0, 0.05) is 23.0 Å². The average molecular weight is 225 g/mol. The molecule has 0 unspecified atom stereocenters. The van der Waals surface area contributed by atoms with Crippen LogP contribution in [0.2, 0.25) is 5.02 Å². The van der Waals surface area contributed by atoms with Crippen LogP contribution in [0.25, 0.3) is 0 Å². The van der Waals surface area contributed by atoms with Gasteiger partial charge in [0.05, 0.1) is 6.54 Å². The van der Waals surface area contributed by atoms with Crippen LogP contribution in [0.5, 0.6) is 0 Å². The van der Waals surface area contributed by atoms with E-state index in [1.165, 1.54) is 12.1 Å². The van der Waals surface area contributed by atoms with Crippen molar-refractivity contribution in [3.8, 4) is 0 Å². The van der Waals surface area contributed by atoms with Gasteiger partial charge in [-0.25, -0.2) is 4.39 Å². The molecule has 78 valence electrons. The molecule has 0 aliphatic rings. The van der Waals surface area contributed by atoms with Gasteiger partial charge in [0.15, 0.2) is 0 Å². The van der Waals surface area contributed by atoms with Crippen molar-refractivity contribution < 1.29 is 4.39 Å². The van der Waals surface area contributed by atoms with Crippen LogP contribution in [0.3, 0.4) is 0 Å². The molecule has 1 aromatic heterocycles. The molecule has 1 aromatic carbocycles. The number of hydrogen-bond donors (Lipinski definition) is 1. The van der Waals surface area contributed by atoms with Crippen molar-refractivity contribution in [2.24, 2.45) is 0 Å². The van der Waals surface area contributed by atoms with Gasteiger partial charge in [0.1, 0.15) is 5.82 Å². The SMILES string of the molecule is Fc1ccc(Cl)cc1CNn1cccc1. The summed E-state index contributed by atoms with van der Waals surface area (Å²) in [6.07, 6.45) is 3.70. The normalized spacial score (nSPS) is 10.3. The Hall–Kier alpha value is -1.48. The maximum absolute atomic E-state index is 13.3. The Balaban J connectivity index is 2.07. The summed E-state index contributed by atoms with van der Waals surface area (Å²) in [5.74, 6) is -0.251. The maximum atomic E-state index is 13.3. The van der Waals surface area contributed by atoms with Crippen molar-refractivity contribution in [2.75, 3.05) is 5.43 Å². The standard InChI is InChI=1S/C11H10ClFN2/c12-10-3-4-11(13)9(7-10)8-14-15-5-1-2-6-15/h1-7,14H,8H2. The van der Waals surface area contributed by atoms with Crippen LogP contribution >= 0.6 is 11.6 Å². The van der Waals surface area contributed by atoms with Crippen molar-refractivity contribution in [1.82, 2.24) is 4.68 Å². The van der Waals surface area contributed by atoms with Crippen LogP contribution in [0, 0.1) is 5.82 Å². The van der Waals surface area contributed by atoms with Gasteiger partial charge in [-0.3, -0.25) is 4.68 Å². The van der Waals surface area contributed by atoms with E-state index >= 15 is 0 Å². The average Bonchev–Trinajstić information content (AvgIpc) is 2.72. The molecule has 0 aliphatic heterocycles. The summed E-state index contributed by atoms with van der Waals surface area (Å²) in [5, 5.41) is 0.542. The summed E-state index contributed by atoms with van der Waals surface area (Å²) in [4.78, 5) is 0. The molecule has 0 atom stereocenters. The van der Waals surface area contributed by atoms with E-state index in [0.717, 1.165) is 0 Å². The molecular weight excluding hydrogens is 215 g/mol. The first-order chi connectivity index (χ1) is 7.25. The van der Waals surface area contributed by atoms with E-state index in [0.29, 0.717) is 17.1 Å². The van der Waals surface area contributed by atoms with Gasteiger partial charge in [-0.2, -0.15) is 0 Å². The molecule has 0 amide bonds. The molecule has 1 heterocycles. The number of rotatable bonds is 3. The molecule has 2 rings (SSSR count). The molecule has 4 heteroatoms. The van der Waals surface area contributed by atoms with Crippen molar-refractivity contribution in [3.05, 3.63) is 59.1 Å². The number of aromatic nitrogens is 1. The fraction of sp³-hybridized carbons (Fsp3) is 0.0909. The largest absolute Gasteiger partial charge is 0.322 e. The Labute approximate surface area is 92.3 Å². The Morgan fingerprint density at radius 2 is 2.00 bits per heavy atom. The molecule has 2 aromatic rings. The molecule has 0 bridgehead atoms. The van der Waals surface area contributed by atoms with E-state index in [2.05, 4.69) is 5.43 Å². The van der Waals surface area contributed by atoms with E-state index in [9.17, 15) is 4.39 Å². The summed E-state index contributed by atoms with van der Waals surface area (Å²) in [7, 11) is 0. The van der Waals surface area contributed by atoms with Crippen LogP contribution in [0.1, 0.15) is 5.56 Å². The minimum atomic E-state index is -0.251. The summed E-state index contributed by atoms with van der Waals surface area (Å²) in [5.41, 5.74) is 3.58. The van der Waals surface area contributed by atoms with Gasteiger partial charge in [-0.05, 0) is 30.3 Å². The first-order valence-corrected chi connectivity index (χ1v) is 4.94. The number of nitrogens with zero attached hydrogens (tertiary/aromatic N) is 1. The quantitative estimate of drug-likeness (QED) is 0.848. The van der Waals surface area contributed by atoms with Crippen LogP contribution < -0.4 is 5.43 Å². The molecule has 0 spiro atoms. The Morgan fingerprint density at radius 1 is 1.27 bits per heavy atom. The third-order valence-corrected chi connectivity index (χ3v) is 2.30. The van der Waals surface area contributed by atoms with Gasteiger partial charge < -0.3 is 5.43 Å². The second-order valence-corrected chi connectivity index (χ2v) is 3.60. The predicted octanol–water partition coefficient (Wildman–Crippen LogP) is 3.02. The van der Waals surface area contributed by atoms with Crippen LogP contribution in [-0.4, -0.2) is 4.68 Å². The second-order valence-electron chi connectivity index (χ2n) is 3.16. The zero-order chi connectivity index (χ0) is 10.7. The summed E-state index contributed by atoms with van der Waals surface area (Å²) in [6.45, 7) is 0.404. The minimum Gasteiger partial charge on any atom is -0.322 e.